The van der Waals surface area contributed by atoms with Crippen LogP contribution >= 0.6 is 0 Å². The molecule has 2 rings (SSSR count). The van der Waals surface area contributed by atoms with Crippen LogP contribution in [-0.4, -0.2) is 24.1 Å². The second-order valence-corrected chi connectivity index (χ2v) is 23.2. The minimum absolute atomic E-state index is 0.0274. The van der Waals surface area contributed by atoms with E-state index in [1.165, 1.54) is 160 Å². The highest BCUT2D eigenvalue weighted by atomic mass is 16.5. The van der Waals surface area contributed by atoms with E-state index in [1.807, 2.05) is 0 Å². The molecule has 0 aromatic carbocycles. The van der Waals surface area contributed by atoms with Crippen molar-refractivity contribution in [3.63, 3.8) is 0 Å². The molecule has 0 aromatic rings. The smallest absolute Gasteiger partial charge is 0.306 e. The molecule has 0 fully saturated rings. The van der Waals surface area contributed by atoms with Crippen LogP contribution in [-0.2, 0) is 19.1 Å². The highest BCUT2D eigenvalue weighted by Gasteiger charge is 2.35. The zero-order chi connectivity index (χ0) is 53.0. The summed E-state index contributed by atoms with van der Waals surface area (Å²) >= 11 is 0. The molecule has 72 heavy (non-hydrogen) atoms. The number of esters is 2. The van der Waals surface area contributed by atoms with Crippen LogP contribution in [0.5, 0.6) is 0 Å². The number of carbonyl (C=O) groups is 2. The van der Waals surface area contributed by atoms with Crippen molar-refractivity contribution in [1.82, 2.24) is 0 Å². The lowest BCUT2D eigenvalue weighted by atomic mass is 9.71. The zero-order valence-corrected chi connectivity index (χ0v) is 48.7. The number of unbranched alkanes of at least 4 members (excludes halogenated alkanes) is 20. The van der Waals surface area contributed by atoms with Gasteiger partial charge < -0.3 is 9.47 Å². The molecule has 0 saturated heterocycles. The van der Waals surface area contributed by atoms with Gasteiger partial charge >= 0.3 is 11.9 Å². The number of hydrogen-bond donors (Lipinski definition) is 0. The van der Waals surface area contributed by atoms with E-state index in [9.17, 15) is 9.59 Å². The van der Waals surface area contributed by atoms with Crippen molar-refractivity contribution < 1.29 is 19.1 Å². The Labute approximate surface area is 444 Å². The SMILES string of the molecule is CCCCCCCCCCCCCC(=O)O[C@@H]1CC(C)=C(/C=C/C(C)=C/C=C/C(C)=C/C=C/C=C(C)/C=C/C=C(C)/C=C/C2=C(C)C[C@H](OC(=O)CCCCCCCCCCCCC)CC2(C)C)C(C)(C)C1. The molecular formula is C68H108O4. The quantitative estimate of drug-likeness (QED) is 0.0357. The van der Waals surface area contributed by atoms with Gasteiger partial charge in [-0.2, -0.15) is 0 Å². The maximum Gasteiger partial charge on any atom is 0.306 e. The van der Waals surface area contributed by atoms with E-state index in [2.05, 4.69) is 168 Å². The summed E-state index contributed by atoms with van der Waals surface area (Å²) in [5.41, 5.74) is 9.97. The summed E-state index contributed by atoms with van der Waals surface area (Å²) in [7, 11) is 0. The standard InChI is InChI=1S/C68H108O4/c1-13-15-17-19-21-23-25-27-29-31-33-45-65(69)71-61-51-59(7)63(67(9,10)53-61)49-47-57(5)43-37-41-55(3)39-35-36-40-56(4)42-38-44-58(6)48-50-64-60(8)52-62(54-68(64,11)12)72-66(70)46-34-32-30-28-26-24-22-20-18-16-14-2/h35-44,47-50,61-62H,13-34,45-46,51-54H2,1-12H3/b36-35+,41-37+,42-38+,49-47+,50-48+,55-39+,56-40+,57-43+,58-44+/t61-,62+. The first-order valence-electron chi connectivity index (χ1n) is 29.3. The minimum atomic E-state index is -0.0560. The Bertz CT molecular complexity index is 1790. The highest BCUT2D eigenvalue weighted by Crippen LogP contribution is 2.43. The van der Waals surface area contributed by atoms with Gasteiger partial charge in [0.15, 0.2) is 0 Å². The lowest BCUT2D eigenvalue weighted by molar-refractivity contribution is -0.151. The Kier molecular flexibility index (Phi) is 33.7. The van der Waals surface area contributed by atoms with Crippen LogP contribution in [0, 0.1) is 10.8 Å². The van der Waals surface area contributed by atoms with Gasteiger partial charge in [-0.1, -0.05) is 288 Å². The molecule has 4 heteroatoms. The summed E-state index contributed by atoms with van der Waals surface area (Å²) in [6, 6.07) is 0. The average molecular weight is 990 g/mol. The number of allylic oxidation sites excluding steroid dienone is 20. The van der Waals surface area contributed by atoms with Gasteiger partial charge in [-0.25, -0.2) is 0 Å². The molecule has 0 aromatic heterocycles. The van der Waals surface area contributed by atoms with Gasteiger partial charge in [-0.05, 0) is 89.2 Å². The number of ether oxygens (including phenoxy) is 2. The Hall–Kier alpha value is -3.92. The highest BCUT2D eigenvalue weighted by molar-refractivity contribution is 5.70. The van der Waals surface area contributed by atoms with Gasteiger partial charge in [0.05, 0.1) is 0 Å². The predicted octanol–water partition coefficient (Wildman–Crippen LogP) is 21.1. The summed E-state index contributed by atoms with van der Waals surface area (Å²) in [6.07, 6.45) is 62.8. The molecule has 2 aliphatic rings. The Morgan fingerprint density at radius 1 is 0.431 bits per heavy atom. The molecule has 0 bridgehead atoms. The second kappa shape index (κ2) is 37.8. The van der Waals surface area contributed by atoms with Crippen molar-refractivity contribution in [3.05, 3.63) is 130 Å². The van der Waals surface area contributed by atoms with E-state index >= 15 is 0 Å². The molecule has 0 N–H and O–H groups in total. The van der Waals surface area contributed by atoms with Crippen LogP contribution in [0.3, 0.4) is 0 Å². The van der Waals surface area contributed by atoms with Gasteiger partial charge in [-0.15, -0.1) is 0 Å². The summed E-state index contributed by atoms with van der Waals surface area (Å²) in [6.45, 7) is 26.6. The first-order valence-corrected chi connectivity index (χ1v) is 29.3. The summed E-state index contributed by atoms with van der Waals surface area (Å²) in [5.74, 6) is -0.0548. The Balaban J connectivity index is 1.76. The third kappa shape index (κ3) is 29.7. The van der Waals surface area contributed by atoms with Crippen LogP contribution in [0.25, 0.3) is 0 Å². The molecule has 0 heterocycles. The van der Waals surface area contributed by atoms with Crippen molar-refractivity contribution >= 4 is 11.9 Å². The van der Waals surface area contributed by atoms with Crippen molar-refractivity contribution in [1.29, 1.82) is 0 Å². The van der Waals surface area contributed by atoms with Crippen LogP contribution in [0.1, 0.15) is 263 Å². The van der Waals surface area contributed by atoms with Gasteiger partial charge in [-0.3, -0.25) is 9.59 Å². The van der Waals surface area contributed by atoms with E-state index in [0.717, 1.165) is 51.4 Å². The van der Waals surface area contributed by atoms with Crippen LogP contribution in [0.4, 0.5) is 0 Å². The molecule has 404 valence electrons. The van der Waals surface area contributed by atoms with Gasteiger partial charge in [0, 0.05) is 25.7 Å². The first-order chi connectivity index (χ1) is 34.5. The molecule has 0 saturated carbocycles. The fourth-order valence-corrected chi connectivity index (χ4v) is 10.6. The molecular weight excluding hydrogens is 881 g/mol. The molecule has 4 nitrogen and oxygen atoms in total. The minimum Gasteiger partial charge on any atom is -0.462 e. The van der Waals surface area contributed by atoms with Crippen LogP contribution < -0.4 is 0 Å². The van der Waals surface area contributed by atoms with Crippen LogP contribution in [0.15, 0.2) is 130 Å². The van der Waals surface area contributed by atoms with Gasteiger partial charge in [0.1, 0.15) is 12.2 Å². The number of hydrogen-bond acceptors (Lipinski definition) is 4. The van der Waals surface area contributed by atoms with E-state index < -0.39 is 0 Å². The average Bonchev–Trinajstić information content (AvgIpc) is 3.30. The van der Waals surface area contributed by atoms with Crippen molar-refractivity contribution in [3.8, 4) is 0 Å². The van der Waals surface area contributed by atoms with E-state index in [-0.39, 0.29) is 35.0 Å². The van der Waals surface area contributed by atoms with E-state index in [0.29, 0.717) is 12.8 Å². The zero-order valence-electron chi connectivity index (χ0n) is 48.7. The maximum absolute atomic E-state index is 12.7. The molecule has 0 aliphatic heterocycles. The van der Waals surface area contributed by atoms with Gasteiger partial charge in [0.2, 0.25) is 0 Å². The fraction of sp³-hybridized carbons (Fsp3) is 0.647. The number of carbonyl (C=O) groups excluding carboxylic acids is 2. The van der Waals surface area contributed by atoms with Crippen molar-refractivity contribution in [2.45, 2.75) is 275 Å². The van der Waals surface area contributed by atoms with E-state index in [1.54, 1.807) is 0 Å². The molecule has 0 unspecified atom stereocenters. The second-order valence-electron chi connectivity index (χ2n) is 23.2. The lowest BCUT2D eigenvalue weighted by Gasteiger charge is -2.37. The monoisotopic (exact) mass is 989 g/mol. The fourth-order valence-electron chi connectivity index (χ4n) is 10.6. The topological polar surface area (TPSA) is 52.6 Å². The maximum atomic E-state index is 12.7. The largest absolute Gasteiger partial charge is 0.462 e. The molecule has 0 spiro atoms. The van der Waals surface area contributed by atoms with Gasteiger partial charge in [0.25, 0.3) is 0 Å². The third-order valence-corrected chi connectivity index (χ3v) is 14.8. The molecule has 0 radical (unpaired) electrons. The van der Waals surface area contributed by atoms with Crippen molar-refractivity contribution in [2.75, 3.05) is 0 Å². The number of rotatable bonds is 36. The first kappa shape index (κ1) is 64.2. The van der Waals surface area contributed by atoms with E-state index in [4.69, 9.17) is 9.47 Å². The normalized spacial score (nSPS) is 19.4. The Morgan fingerprint density at radius 3 is 1.01 bits per heavy atom. The third-order valence-electron chi connectivity index (χ3n) is 14.8. The lowest BCUT2D eigenvalue weighted by Crippen LogP contribution is -2.31. The summed E-state index contributed by atoms with van der Waals surface area (Å²) in [4.78, 5) is 25.5. The molecule has 0 amide bonds. The van der Waals surface area contributed by atoms with Crippen LogP contribution in [0.2, 0.25) is 0 Å². The molecule has 2 aliphatic carbocycles. The van der Waals surface area contributed by atoms with Crippen molar-refractivity contribution in [2.24, 2.45) is 10.8 Å². The summed E-state index contributed by atoms with van der Waals surface area (Å²) in [5, 5.41) is 0. The summed E-state index contributed by atoms with van der Waals surface area (Å²) < 4.78 is 12.0. The predicted molar refractivity (Wildman–Crippen MR) is 314 cm³/mol. The Morgan fingerprint density at radius 2 is 0.708 bits per heavy atom. The molecule has 2 atom stereocenters.